The second-order valence-electron chi connectivity index (χ2n) is 6.01. The van der Waals surface area contributed by atoms with Gasteiger partial charge < -0.3 is 10.3 Å². The summed E-state index contributed by atoms with van der Waals surface area (Å²) < 4.78 is 40.0. The normalized spacial score (nSPS) is 13.1. The summed E-state index contributed by atoms with van der Waals surface area (Å²) in [6.07, 6.45) is -1.13. The molecule has 2 heterocycles. The van der Waals surface area contributed by atoms with Gasteiger partial charge in [0.25, 0.3) is 5.91 Å². The summed E-state index contributed by atoms with van der Waals surface area (Å²) >= 11 is 0. The number of aromatic nitrogens is 4. The van der Waals surface area contributed by atoms with Crippen molar-refractivity contribution in [2.24, 2.45) is 7.05 Å². The highest BCUT2D eigenvalue weighted by Gasteiger charge is 2.29. The van der Waals surface area contributed by atoms with E-state index < -0.39 is 24.3 Å². The second-order valence-corrected chi connectivity index (χ2v) is 6.01. The summed E-state index contributed by atoms with van der Waals surface area (Å²) in [7, 11) is 1.76. The minimum atomic E-state index is -4.52. The van der Waals surface area contributed by atoms with E-state index in [1.165, 1.54) is 18.2 Å². The highest BCUT2D eigenvalue weighted by atomic mass is 19.4. The van der Waals surface area contributed by atoms with Gasteiger partial charge in [0, 0.05) is 24.4 Å². The number of H-pyrrole nitrogens is 1. The summed E-state index contributed by atoms with van der Waals surface area (Å²) in [5.41, 5.74) is 0.420. The molecule has 2 N–H and O–H groups in total. The van der Waals surface area contributed by atoms with Crippen molar-refractivity contribution in [3.8, 4) is 0 Å². The van der Waals surface area contributed by atoms with Crippen LogP contribution < -0.4 is 11.0 Å². The third kappa shape index (κ3) is 3.63. The first-order chi connectivity index (χ1) is 12.1. The lowest BCUT2D eigenvalue weighted by atomic mass is 10.1. The summed E-state index contributed by atoms with van der Waals surface area (Å²) in [6.45, 7) is 0.393. The van der Waals surface area contributed by atoms with Crippen LogP contribution >= 0.6 is 0 Å². The number of aryl methyl sites for hydroxylation is 1. The van der Waals surface area contributed by atoms with E-state index in [4.69, 9.17) is 0 Å². The predicted molar refractivity (Wildman–Crippen MR) is 87.7 cm³/mol. The minimum Gasteiger partial charge on any atom is -0.345 e. The van der Waals surface area contributed by atoms with E-state index in [0.717, 1.165) is 5.56 Å². The Morgan fingerprint density at radius 1 is 1.38 bits per heavy atom. The fourth-order valence-electron chi connectivity index (χ4n) is 2.67. The molecule has 2 aromatic heterocycles. The molecule has 1 unspecified atom stereocenters. The van der Waals surface area contributed by atoms with E-state index in [1.807, 2.05) is 0 Å². The smallest absolute Gasteiger partial charge is 0.345 e. The number of rotatable bonds is 4. The quantitative estimate of drug-likeness (QED) is 0.741. The van der Waals surface area contributed by atoms with Crippen molar-refractivity contribution >= 4 is 16.9 Å². The van der Waals surface area contributed by atoms with E-state index in [-0.39, 0.29) is 22.6 Å². The average molecular weight is 367 g/mol. The van der Waals surface area contributed by atoms with Gasteiger partial charge in [0.15, 0.2) is 0 Å². The Hall–Kier alpha value is -3.04. The lowest BCUT2D eigenvalue weighted by Gasteiger charge is -2.12. The molecule has 3 aromatic rings. The van der Waals surface area contributed by atoms with Crippen LogP contribution in [0.1, 0.15) is 28.9 Å². The molecular formula is C16H16F3N5O2. The summed E-state index contributed by atoms with van der Waals surface area (Å²) in [5, 5.41) is 6.81. The standard InChI is InChI=1S/C16H16F3N5O2/c1-9(11-6-20-23(2)7-11)21-14(25)10-3-4-13-12(5-10)22-15(26)24(13)8-16(17,18)19/h3-7,9H,8H2,1-2H3,(H,21,25)(H,22,26). The Labute approximate surface area is 145 Å². The van der Waals surface area contributed by atoms with Crippen LogP contribution in [0.25, 0.3) is 11.0 Å². The number of hydrogen-bond donors (Lipinski definition) is 2. The zero-order valence-corrected chi connectivity index (χ0v) is 14.0. The van der Waals surface area contributed by atoms with Crippen LogP contribution in [0.5, 0.6) is 0 Å². The number of aromatic amines is 1. The number of alkyl halides is 3. The highest BCUT2D eigenvalue weighted by Crippen LogP contribution is 2.21. The molecule has 0 aliphatic heterocycles. The van der Waals surface area contributed by atoms with Crippen molar-refractivity contribution < 1.29 is 18.0 Å². The maximum absolute atomic E-state index is 12.6. The second kappa shape index (κ2) is 6.36. The third-order valence-corrected chi connectivity index (χ3v) is 3.95. The van der Waals surface area contributed by atoms with Crippen molar-refractivity contribution in [2.45, 2.75) is 25.7 Å². The first-order valence-corrected chi connectivity index (χ1v) is 7.73. The van der Waals surface area contributed by atoms with Gasteiger partial charge in [-0.2, -0.15) is 18.3 Å². The molecule has 7 nitrogen and oxygen atoms in total. The largest absolute Gasteiger partial charge is 0.406 e. The van der Waals surface area contributed by atoms with Gasteiger partial charge in [-0.25, -0.2) is 4.79 Å². The van der Waals surface area contributed by atoms with Crippen molar-refractivity contribution in [2.75, 3.05) is 0 Å². The first-order valence-electron chi connectivity index (χ1n) is 7.73. The summed E-state index contributed by atoms with van der Waals surface area (Å²) in [6, 6.07) is 3.76. The number of amides is 1. The molecular weight excluding hydrogens is 351 g/mol. The van der Waals surface area contributed by atoms with Crippen molar-refractivity contribution in [1.82, 2.24) is 24.6 Å². The Bertz CT molecular complexity index is 1010. The number of hydrogen-bond acceptors (Lipinski definition) is 3. The Morgan fingerprint density at radius 3 is 2.73 bits per heavy atom. The molecule has 0 radical (unpaired) electrons. The van der Waals surface area contributed by atoms with Crippen LogP contribution in [-0.2, 0) is 13.6 Å². The van der Waals surface area contributed by atoms with Crippen LogP contribution in [0.15, 0.2) is 35.4 Å². The first kappa shape index (κ1) is 17.8. The van der Waals surface area contributed by atoms with E-state index >= 15 is 0 Å². The molecule has 0 saturated carbocycles. The zero-order chi connectivity index (χ0) is 19.1. The molecule has 0 spiro atoms. The number of fused-ring (bicyclic) bond motifs is 1. The van der Waals surface area contributed by atoms with Crippen LogP contribution in [0.2, 0.25) is 0 Å². The van der Waals surface area contributed by atoms with E-state index in [2.05, 4.69) is 15.4 Å². The number of halogens is 3. The summed E-state index contributed by atoms with van der Waals surface area (Å²) in [5.74, 6) is -0.410. The molecule has 138 valence electrons. The molecule has 1 amide bonds. The molecule has 0 bridgehead atoms. The molecule has 0 fully saturated rings. The number of imidazole rings is 1. The van der Waals surface area contributed by atoms with Gasteiger partial charge in [-0.05, 0) is 25.1 Å². The maximum Gasteiger partial charge on any atom is 0.406 e. The van der Waals surface area contributed by atoms with Crippen LogP contribution in [0.4, 0.5) is 13.2 Å². The number of carbonyl (C=O) groups excluding carboxylic acids is 1. The van der Waals surface area contributed by atoms with Gasteiger partial charge in [0.1, 0.15) is 6.54 Å². The van der Waals surface area contributed by atoms with Gasteiger partial charge in [-0.15, -0.1) is 0 Å². The maximum atomic E-state index is 12.6. The van der Waals surface area contributed by atoms with E-state index in [9.17, 15) is 22.8 Å². The predicted octanol–water partition coefficient (Wildman–Crippen LogP) is 2.12. The monoisotopic (exact) mass is 367 g/mol. The van der Waals surface area contributed by atoms with Crippen LogP contribution in [0, 0.1) is 0 Å². The van der Waals surface area contributed by atoms with Gasteiger partial charge in [-0.1, -0.05) is 0 Å². The number of carbonyl (C=O) groups is 1. The SMILES string of the molecule is CC(NC(=O)c1ccc2c(c1)[nH]c(=O)n2CC(F)(F)F)c1cnn(C)c1. The molecule has 0 aliphatic rings. The zero-order valence-electron chi connectivity index (χ0n) is 14.0. The molecule has 0 saturated heterocycles. The molecule has 26 heavy (non-hydrogen) atoms. The third-order valence-electron chi connectivity index (χ3n) is 3.95. The van der Waals surface area contributed by atoms with Crippen LogP contribution in [0.3, 0.4) is 0 Å². The Morgan fingerprint density at radius 2 is 2.12 bits per heavy atom. The average Bonchev–Trinajstić information content (AvgIpc) is 3.10. The van der Waals surface area contributed by atoms with Gasteiger partial charge in [-0.3, -0.25) is 14.0 Å². The lowest BCUT2D eigenvalue weighted by Crippen LogP contribution is -2.26. The number of nitrogens with one attached hydrogen (secondary N) is 2. The Balaban J connectivity index is 1.85. The van der Waals surface area contributed by atoms with Crippen molar-refractivity contribution in [3.63, 3.8) is 0 Å². The van der Waals surface area contributed by atoms with E-state index in [1.54, 1.807) is 31.0 Å². The molecule has 0 aliphatic carbocycles. The Kier molecular flexibility index (Phi) is 4.34. The number of nitrogens with zero attached hydrogens (tertiary/aromatic N) is 3. The number of benzene rings is 1. The fourth-order valence-corrected chi connectivity index (χ4v) is 2.67. The van der Waals surface area contributed by atoms with Gasteiger partial charge in [0.2, 0.25) is 0 Å². The van der Waals surface area contributed by atoms with Crippen molar-refractivity contribution in [1.29, 1.82) is 0 Å². The van der Waals surface area contributed by atoms with Gasteiger partial charge in [0.05, 0.1) is 23.3 Å². The van der Waals surface area contributed by atoms with E-state index in [0.29, 0.717) is 4.57 Å². The highest BCUT2D eigenvalue weighted by molar-refractivity contribution is 5.97. The molecule has 1 aromatic carbocycles. The van der Waals surface area contributed by atoms with Crippen LogP contribution in [-0.4, -0.2) is 31.4 Å². The fraction of sp³-hybridized carbons (Fsp3) is 0.312. The minimum absolute atomic E-state index is 0.0872. The van der Waals surface area contributed by atoms with Crippen molar-refractivity contribution in [3.05, 3.63) is 52.2 Å². The molecule has 10 heteroatoms. The summed E-state index contributed by atoms with van der Waals surface area (Å²) in [4.78, 5) is 26.5. The lowest BCUT2D eigenvalue weighted by molar-refractivity contribution is -0.140. The topological polar surface area (TPSA) is 84.7 Å². The van der Waals surface area contributed by atoms with Gasteiger partial charge >= 0.3 is 11.9 Å². The molecule has 3 rings (SSSR count). The molecule has 1 atom stereocenters.